The van der Waals surface area contributed by atoms with Gasteiger partial charge in [-0.15, -0.1) is 0 Å². The number of benzene rings is 2. The second-order valence-corrected chi connectivity index (χ2v) is 10.7. The summed E-state index contributed by atoms with van der Waals surface area (Å²) >= 11 is 7.59. The lowest BCUT2D eigenvalue weighted by Crippen LogP contribution is -2.41. The molecule has 1 aliphatic heterocycles. The van der Waals surface area contributed by atoms with Crippen molar-refractivity contribution in [2.24, 2.45) is 5.92 Å². The molecule has 0 amide bonds. The fraction of sp³-hybridized carbons (Fsp3) is 0.414. The van der Waals surface area contributed by atoms with Crippen molar-refractivity contribution in [1.82, 2.24) is 10.2 Å². The topological polar surface area (TPSA) is 93.1 Å². The molecule has 3 rings (SSSR count). The highest BCUT2D eigenvalue weighted by Gasteiger charge is 2.28. The first-order valence-corrected chi connectivity index (χ1v) is 14.2. The van der Waals surface area contributed by atoms with Crippen LogP contribution in [0.5, 0.6) is 0 Å². The van der Waals surface area contributed by atoms with Gasteiger partial charge in [0.2, 0.25) is 0 Å². The molecule has 2 atom stereocenters. The maximum Gasteiger partial charge on any atom is 0.328 e. The summed E-state index contributed by atoms with van der Waals surface area (Å²) < 4.78 is 0. The third-order valence-electron chi connectivity index (χ3n) is 6.36. The van der Waals surface area contributed by atoms with Gasteiger partial charge in [-0.05, 0) is 50.2 Å². The fourth-order valence-electron chi connectivity index (χ4n) is 3.99. The normalized spacial score (nSPS) is 13.7. The fourth-order valence-corrected chi connectivity index (χ4v) is 5.25. The van der Waals surface area contributed by atoms with Gasteiger partial charge < -0.3 is 25.3 Å². The Bertz CT molecular complexity index is 1120. The van der Waals surface area contributed by atoms with E-state index in [0.29, 0.717) is 24.1 Å². The predicted molar refractivity (Wildman–Crippen MR) is 160 cm³/mol. The van der Waals surface area contributed by atoms with Gasteiger partial charge in [-0.1, -0.05) is 76.3 Å². The summed E-state index contributed by atoms with van der Waals surface area (Å²) in [5.41, 5.74) is 3.67. The Balaban J connectivity index is 0.000000550. The lowest BCUT2D eigenvalue weighted by atomic mass is 10.1. The molecule has 2 aromatic rings. The van der Waals surface area contributed by atoms with Gasteiger partial charge in [-0.25, -0.2) is 9.59 Å². The smallest absolute Gasteiger partial charge is 0.328 e. The molecule has 0 saturated carbocycles. The zero-order chi connectivity index (χ0) is 28.2. The van der Waals surface area contributed by atoms with Gasteiger partial charge in [0, 0.05) is 46.6 Å². The van der Waals surface area contributed by atoms with Crippen LogP contribution in [0, 0.1) is 5.92 Å². The van der Waals surface area contributed by atoms with Crippen molar-refractivity contribution in [3.8, 4) is 0 Å². The molecular formula is C29H39N3O4S2. The van der Waals surface area contributed by atoms with Crippen molar-refractivity contribution in [3.05, 3.63) is 60.2 Å². The lowest BCUT2D eigenvalue weighted by Gasteiger charge is -2.39. The molecule has 7 nitrogen and oxygen atoms in total. The first-order chi connectivity index (χ1) is 18.1. The predicted octanol–water partition coefficient (Wildman–Crippen LogP) is 6.04. The number of nitrogens with one attached hydrogen (secondary N) is 1. The number of likely N-dealkylation sites (N-methyl/N-ethyl adjacent to an activating group) is 1. The minimum Gasteiger partial charge on any atom is -0.478 e. The molecule has 3 N–H and O–H groups in total. The quantitative estimate of drug-likeness (QED) is 0.226. The molecule has 0 aromatic heterocycles. The van der Waals surface area contributed by atoms with E-state index in [1.165, 1.54) is 21.2 Å². The van der Waals surface area contributed by atoms with E-state index in [1.807, 2.05) is 11.8 Å². The van der Waals surface area contributed by atoms with Gasteiger partial charge in [0.25, 0.3) is 0 Å². The third kappa shape index (κ3) is 9.15. The molecule has 0 aliphatic carbocycles. The summed E-state index contributed by atoms with van der Waals surface area (Å²) in [4.78, 5) is 27.6. The minimum atomic E-state index is -1.26. The van der Waals surface area contributed by atoms with Crippen LogP contribution in [0.2, 0.25) is 0 Å². The van der Waals surface area contributed by atoms with E-state index < -0.39 is 11.9 Å². The Labute approximate surface area is 235 Å². The molecule has 1 heterocycles. The minimum absolute atomic E-state index is 0.364. The third-order valence-corrected chi connectivity index (χ3v) is 7.87. The molecule has 206 valence electrons. The number of anilines is 2. The highest BCUT2D eigenvalue weighted by molar-refractivity contribution is 7.99. The van der Waals surface area contributed by atoms with E-state index in [0.717, 1.165) is 43.2 Å². The summed E-state index contributed by atoms with van der Waals surface area (Å²) in [6, 6.07) is 15.8. The Morgan fingerprint density at radius 3 is 2.18 bits per heavy atom. The number of aliphatic carboxylic acids is 2. The average molecular weight is 558 g/mol. The summed E-state index contributed by atoms with van der Waals surface area (Å²) in [5, 5.41) is 19.1. The second-order valence-electron chi connectivity index (χ2n) is 9.19. The van der Waals surface area contributed by atoms with Crippen LogP contribution in [0.15, 0.2) is 64.4 Å². The first kappa shape index (κ1) is 31.3. The highest BCUT2D eigenvalue weighted by Crippen LogP contribution is 2.49. The molecule has 38 heavy (non-hydrogen) atoms. The molecule has 9 heteroatoms. The van der Waals surface area contributed by atoms with Crippen molar-refractivity contribution in [1.29, 1.82) is 0 Å². The Morgan fingerprint density at radius 1 is 1.00 bits per heavy atom. The monoisotopic (exact) mass is 557 g/mol. The molecule has 0 saturated heterocycles. The van der Waals surface area contributed by atoms with Crippen LogP contribution in [0.1, 0.15) is 46.6 Å². The molecule has 0 radical (unpaired) electrons. The maximum absolute atomic E-state index is 9.55. The number of hydrogen-bond acceptors (Lipinski definition) is 6. The number of fused-ring (bicyclic) bond motifs is 2. The maximum atomic E-state index is 9.55. The van der Waals surface area contributed by atoms with Crippen LogP contribution in [-0.4, -0.2) is 64.3 Å². The molecule has 2 aromatic carbocycles. The number of hydrogen-bond donors (Lipinski definition) is 3. The van der Waals surface area contributed by atoms with Crippen molar-refractivity contribution in [2.75, 3.05) is 31.1 Å². The zero-order valence-corrected chi connectivity index (χ0v) is 24.4. The number of thiocarbonyl (C=S) groups is 1. The first-order valence-electron chi connectivity index (χ1n) is 13.0. The highest BCUT2D eigenvalue weighted by atomic mass is 32.2. The number of carboxylic acids is 2. The second kappa shape index (κ2) is 15.5. The van der Waals surface area contributed by atoms with E-state index in [2.05, 4.69) is 92.2 Å². The summed E-state index contributed by atoms with van der Waals surface area (Å²) in [7, 11) is 0. The SMILES string of the molecule is CCC(C)CNC(=S)c1ccc2c(c1)N(C(C)CN(CC)CC)c1ccccc1S2.O=C(O)C=CC(=O)O. The molecular weight excluding hydrogens is 518 g/mol. The zero-order valence-electron chi connectivity index (χ0n) is 22.8. The van der Waals surface area contributed by atoms with E-state index in [9.17, 15) is 9.59 Å². The van der Waals surface area contributed by atoms with Gasteiger partial charge in [-0.3, -0.25) is 0 Å². The Morgan fingerprint density at radius 2 is 1.61 bits per heavy atom. The van der Waals surface area contributed by atoms with Crippen LogP contribution in [-0.2, 0) is 9.59 Å². The molecule has 0 spiro atoms. The van der Waals surface area contributed by atoms with E-state index >= 15 is 0 Å². The van der Waals surface area contributed by atoms with Crippen LogP contribution in [0.4, 0.5) is 11.4 Å². The van der Waals surface area contributed by atoms with Crippen LogP contribution in [0.25, 0.3) is 0 Å². The largest absolute Gasteiger partial charge is 0.478 e. The molecule has 1 aliphatic rings. The van der Waals surface area contributed by atoms with Gasteiger partial charge in [0.1, 0.15) is 4.99 Å². The Kier molecular flexibility index (Phi) is 12.8. The van der Waals surface area contributed by atoms with Crippen molar-refractivity contribution < 1.29 is 19.8 Å². The molecule has 2 unspecified atom stereocenters. The van der Waals surface area contributed by atoms with Crippen molar-refractivity contribution in [2.45, 2.75) is 56.9 Å². The van der Waals surface area contributed by atoms with Crippen molar-refractivity contribution in [3.63, 3.8) is 0 Å². The number of rotatable bonds is 11. The summed E-state index contributed by atoms with van der Waals surface area (Å²) in [6.07, 6.45) is 2.27. The van der Waals surface area contributed by atoms with E-state index in [1.54, 1.807) is 0 Å². The Hall–Kier alpha value is -2.88. The summed E-state index contributed by atoms with van der Waals surface area (Å²) in [5.74, 6) is -1.89. The van der Waals surface area contributed by atoms with Gasteiger partial charge in [0.05, 0.1) is 11.4 Å². The lowest BCUT2D eigenvalue weighted by molar-refractivity contribution is -0.134. The number of carbonyl (C=O) groups is 2. The van der Waals surface area contributed by atoms with Crippen molar-refractivity contribution >= 4 is 52.3 Å². The van der Waals surface area contributed by atoms with Crippen LogP contribution < -0.4 is 10.2 Å². The standard InChI is InChI=1S/C25H35N3S2.C4H4O4/c1-6-18(4)16-26-25(29)20-13-14-24-22(15-20)28(19(5)17-27(7-2)8-3)21-11-9-10-12-23(21)30-24;5-3(6)1-2-4(7)8/h9-15,18-19H,6-8,16-17H2,1-5H3,(H,26,29);1-2H,(H,5,6)(H,7,8). The van der Waals surface area contributed by atoms with Gasteiger partial charge in [0.15, 0.2) is 0 Å². The molecule has 0 bridgehead atoms. The van der Waals surface area contributed by atoms with Gasteiger partial charge >= 0.3 is 11.9 Å². The van der Waals surface area contributed by atoms with Gasteiger partial charge in [-0.2, -0.15) is 0 Å². The number of nitrogens with zero attached hydrogens (tertiary/aromatic N) is 2. The number of para-hydroxylation sites is 1. The van der Waals surface area contributed by atoms with E-state index in [4.69, 9.17) is 22.4 Å². The van der Waals surface area contributed by atoms with E-state index in [-0.39, 0.29) is 0 Å². The number of carboxylic acid groups (broad SMARTS) is 2. The molecule has 0 fully saturated rings. The summed E-state index contributed by atoms with van der Waals surface area (Å²) in [6.45, 7) is 15.4. The average Bonchev–Trinajstić information content (AvgIpc) is 2.91. The van der Waals surface area contributed by atoms with Crippen LogP contribution in [0.3, 0.4) is 0 Å². The van der Waals surface area contributed by atoms with Crippen LogP contribution >= 0.6 is 24.0 Å².